The molecule has 3 aromatic rings. The number of ether oxygens (including phenoxy) is 1. The highest BCUT2D eigenvalue weighted by Gasteiger charge is 2.13. The number of rotatable bonds is 6. The average Bonchev–Trinajstić information content (AvgIpc) is 2.91. The summed E-state index contributed by atoms with van der Waals surface area (Å²) in [6.45, 7) is 5.71. The van der Waals surface area contributed by atoms with Crippen molar-refractivity contribution in [1.29, 1.82) is 0 Å². The number of carbonyl (C=O) groups excluding carboxylic acids is 1. The Morgan fingerprint density at radius 3 is 2.54 bits per heavy atom. The van der Waals surface area contributed by atoms with E-state index >= 15 is 0 Å². The second kappa shape index (κ2) is 7.43. The fourth-order valence-corrected chi connectivity index (χ4v) is 2.68. The third-order valence-electron chi connectivity index (χ3n) is 3.91. The van der Waals surface area contributed by atoms with E-state index in [1.807, 2.05) is 45.0 Å². The summed E-state index contributed by atoms with van der Waals surface area (Å²) in [6.07, 6.45) is 1.74. The van der Waals surface area contributed by atoms with E-state index in [-0.39, 0.29) is 30.3 Å². The van der Waals surface area contributed by atoms with Crippen LogP contribution in [0.15, 0.2) is 53.5 Å². The molecule has 0 aliphatic rings. The maximum Gasteiger partial charge on any atom is 0.350 e. The standard InChI is InChI=1S/C19H22N4O3/c1-13(2)26-16-9-7-15(8-10-16)14(3)20-18(24)12-23-19(25)22-11-5-4-6-17(22)21-23/h4-11,13-14H,12H2,1-3H3,(H,20,24)/t14-/m0/s1. The molecule has 2 heterocycles. The number of fused-ring (bicyclic) bond motifs is 1. The smallest absolute Gasteiger partial charge is 0.350 e. The number of carbonyl (C=O) groups is 1. The van der Waals surface area contributed by atoms with Crippen molar-refractivity contribution in [3.63, 3.8) is 0 Å². The van der Waals surface area contributed by atoms with Gasteiger partial charge in [-0.15, -0.1) is 5.10 Å². The Labute approximate surface area is 151 Å². The number of aromatic nitrogens is 3. The number of hydrogen-bond donors (Lipinski definition) is 1. The molecule has 0 aliphatic heterocycles. The molecule has 1 atom stereocenters. The molecule has 1 N–H and O–H groups in total. The fraction of sp³-hybridized carbons (Fsp3) is 0.316. The first-order valence-electron chi connectivity index (χ1n) is 8.54. The van der Waals surface area contributed by atoms with Gasteiger partial charge in [0.15, 0.2) is 5.65 Å². The van der Waals surface area contributed by atoms with E-state index in [2.05, 4.69) is 10.4 Å². The monoisotopic (exact) mass is 354 g/mol. The van der Waals surface area contributed by atoms with Crippen LogP contribution in [0.3, 0.4) is 0 Å². The van der Waals surface area contributed by atoms with Gasteiger partial charge in [0.2, 0.25) is 5.91 Å². The van der Waals surface area contributed by atoms with Gasteiger partial charge in [0.05, 0.1) is 12.1 Å². The van der Waals surface area contributed by atoms with Crippen molar-refractivity contribution < 1.29 is 9.53 Å². The van der Waals surface area contributed by atoms with Gasteiger partial charge >= 0.3 is 5.69 Å². The largest absolute Gasteiger partial charge is 0.491 e. The van der Waals surface area contributed by atoms with Crippen LogP contribution in [0.2, 0.25) is 0 Å². The molecule has 0 bridgehead atoms. The van der Waals surface area contributed by atoms with Crippen LogP contribution in [-0.4, -0.2) is 26.2 Å². The summed E-state index contributed by atoms with van der Waals surface area (Å²) < 4.78 is 8.19. The zero-order valence-electron chi connectivity index (χ0n) is 15.0. The highest BCUT2D eigenvalue weighted by atomic mass is 16.5. The molecule has 7 nitrogen and oxygen atoms in total. The highest BCUT2D eigenvalue weighted by Crippen LogP contribution is 2.18. The first kappa shape index (κ1) is 17.7. The molecule has 0 saturated heterocycles. The molecule has 3 rings (SSSR count). The lowest BCUT2D eigenvalue weighted by atomic mass is 10.1. The summed E-state index contributed by atoms with van der Waals surface area (Å²) in [5, 5.41) is 7.05. The molecule has 7 heteroatoms. The quantitative estimate of drug-likeness (QED) is 0.736. The normalized spacial score (nSPS) is 12.3. The number of nitrogens with zero attached hydrogens (tertiary/aromatic N) is 3. The van der Waals surface area contributed by atoms with E-state index in [1.54, 1.807) is 24.4 Å². The Morgan fingerprint density at radius 1 is 1.15 bits per heavy atom. The van der Waals surface area contributed by atoms with E-state index in [0.717, 1.165) is 16.0 Å². The molecule has 0 unspecified atom stereocenters. The minimum atomic E-state index is -0.335. The highest BCUT2D eigenvalue weighted by molar-refractivity contribution is 5.76. The fourth-order valence-electron chi connectivity index (χ4n) is 2.68. The number of amides is 1. The van der Waals surface area contributed by atoms with Crippen LogP contribution < -0.4 is 15.7 Å². The maximum absolute atomic E-state index is 12.3. The van der Waals surface area contributed by atoms with Gasteiger partial charge in [-0.3, -0.25) is 9.20 Å². The zero-order valence-corrected chi connectivity index (χ0v) is 15.0. The first-order valence-corrected chi connectivity index (χ1v) is 8.54. The third-order valence-corrected chi connectivity index (χ3v) is 3.91. The molecule has 136 valence electrons. The van der Waals surface area contributed by atoms with Crippen molar-refractivity contribution >= 4 is 11.6 Å². The molecule has 0 radical (unpaired) electrons. The van der Waals surface area contributed by atoms with E-state index in [0.29, 0.717) is 5.65 Å². The van der Waals surface area contributed by atoms with Crippen LogP contribution in [0.25, 0.3) is 5.65 Å². The number of nitrogens with one attached hydrogen (secondary N) is 1. The van der Waals surface area contributed by atoms with Crippen LogP contribution in [0.1, 0.15) is 32.4 Å². The van der Waals surface area contributed by atoms with Gasteiger partial charge in [0, 0.05) is 6.20 Å². The first-order chi connectivity index (χ1) is 12.4. The summed E-state index contributed by atoms with van der Waals surface area (Å²) >= 11 is 0. The second-order valence-electron chi connectivity index (χ2n) is 6.39. The van der Waals surface area contributed by atoms with Gasteiger partial charge in [-0.2, -0.15) is 0 Å². The van der Waals surface area contributed by atoms with Crippen LogP contribution in [0.5, 0.6) is 5.75 Å². The molecule has 0 fully saturated rings. The van der Waals surface area contributed by atoms with Crippen LogP contribution in [0.4, 0.5) is 0 Å². The lowest BCUT2D eigenvalue weighted by molar-refractivity contribution is -0.122. The molecule has 1 aromatic carbocycles. The summed E-state index contributed by atoms with van der Waals surface area (Å²) in [6, 6.07) is 12.7. The molecule has 2 aromatic heterocycles. The van der Waals surface area contributed by atoms with Gasteiger partial charge in [-0.1, -0.05) is 18.2 Å². The van der Waals surface area contributed by atoms with E-state index in [4.69, 9.17) is 4.74 Å². The Morgan fingerprint density at radius 2 is 1.88 bits per heavy atom. The van der Waals surface area contributed by atoms with Crippen molar-refractivity contribution in [3.8, 4) is 5.75 Å². The molecule has 26 heavy (non-hydrogen) atoms. The maximum atomic E-state index is 12.3. The molecule has 1 amide bonds. The van der Waals surface area contributed by atoms with Crippen molar-refractivity contribution in [1.82, 2.24) is 19.5 Å². The molecule has 0 saturated carbocycles. The Bertz CT molecular complexity index is 957. The van der Waals surface area contributed by atoms with Crippen LogP contribution in [-0.2, 0) is 11.3 Å². The Kier molecular flexibility index (Phi) is 5.06. The van der Waals surface area contributed by atoms with Crippen molar-refractivity contribution in [2.24, 2.45) is 0 Å². The SMILES string of the molecule is CC(C)Oc1ccc([C@H](C)NC(=O)Cn2nc3ccccn3c2=O)cc1. The van der Waals surface area contributed by atoms with Gasteiger partial charge in [0.1, 0.15) is 12.3 Å². The number of pyridine rings is 1. The molecule has 0 spiro atoms. The van der Waals surface area contributed by atoms with E-state index < -0.39 is 0 Å². The van der Waals surface area contributed by atoms with Crippen molar-refractivity contribution in [3.05, 3.63) is 64.7 Å². The Hall–Kier alpha value is -3.09. The predicted octanol–water partition coefficient (Wildman–Crippen LogP) is 2.16. The lowest BCUT2D eigenvalue weighted by Crippen LogP contribution is -2.34. The van der Waals surface area contributed by atoms with Gasteiger partial charge in [-0.05, 0) is 50.6 Å². The minimum Gasteiger partial charge on any atom is -0.491 e. The van der Waals surface area contributed by atoms with E-state index in [1.165, 1.54) is 4.40 Å². The second-order valence-corrected chi connectivity index (χ2v) is 6.39. The topological polar surface area (TPSA) is 77.6 Å². The lowest BCUT2D eigenvalue weighted by Gasteiger charge is -2.15. The van der Waals surface area contributed by atoms with Gasteiger partial charge < -0.3 is 10.1 Å². The Balaban J connectivity index is 1.65. The third kappa shape index (κ3) is 3.93. The summed E-state index contributed by atoms with van der Waals surface area (Å²) in [5.41, 5.74) is 1.13. The van der Waals surface area contributed by atoms with Crippen molar-refractivity contribution in [2.45, 2.75) is 39.5 Å². The summed E-state index contributed by atoms with van der Waals surface area (Å²) in [4.78, 5) is 24.5. The summed E-state index contributed by atoms with van der Waals surface area (Å²) in [5.74, 6) is 0.518. The van der Waals surface area contributed by atoms with Crippen LogP contribution >= 0.6 is 0 Å². The zero-order chi connectivity index (χ0) is 18.7. The average molecular weight is 354 g/mol. The molecule has 0 aliphatic carbocycles. The van der Waals surface area contributed by atoms with E-state index in [9.17, 15) is 9.59 Å². The van der Waals surface area contributed by atoms with Crippen LogP contribution in [0, 0.1) is 0 Å². The van der Waals surface area contributed by atoms with Crippen molar-refractivity contribution in [2.75, 3.05) is 0 Å². The number of hydrogen-bond acceptors (Lipinski definition) is 4. The predicted molar refractivity (Wildman–Crippen MR) is 98.2 cm³/mol. The summed E-state index contributed by atoms with van der Waals surface area (Å²) in [7, 11) is 0. The van der Waals surface area contributed by atoms with Gasteiger partial charge in [0.25, 0.3) is 0 Å². The molecular weight excluding hydrogens is 332 g/mol. The minimum absolute atomic E-state index is 0.113. The van der Waals surface area contributed by atoms with Gasteiger partial charge in [-0.25, -0.2) is 9.48 Å². The number of benzene rings is 1. The molecular formula is C19H22N4O3.